The number of hydrogen-bond acceptors (Lipinski definition) is 4. The van der Waals surface area contributed by atoms with Crippen LogP contribution in [0.2, 0.25) is 0 Å². The molecular formula is C10H14N4. The monoisotopic (exact) mass is 190 g/mol. The quantitative estimate of drug-likeness (QED) is 0.760. The minimum Gasteiger partial charge on any atom is -0.357 e. The smallest absolute Gasteiger partial charge is 0.146 e. The standard InChI is InChI=1S/C10H14N4/c1-8-3-5-13-10(9(8)7-12)14(2)6-4-11/h3,5H,4,6,11H2,1-2H3. The van der Waals surface area contributed by atoms with Crippen molar-refractivity contribution in [2.24, 2.45) is 5.73 Å². The summed E-state index contributed by atoms with van der Waals surface area (Å²) in [6.07, 6.45) is 1.71. The Kier molecular flexibility index (Phi) is 3.43. The molecule has 0 aliphatic carbocycles. The molecule has 2 N–H and O–H groups in total. The second-order valence-corrected chi connectivity index (χ2v) is 3.15. The van der Waals surface area contributed by atoms with Crippen molar-refractivity contribution in [3.63, 3.8) is 0 Å². The largest absolute Gasteiger partial charge is 0.357 e. The summed E-state index contributed by atoms with van der Waals surface area (Å²) in [5.74, 6) is 0.706. The fourth-order valence-corrected chi connectivity index (χ4v) is 1.27. The molecule has 0 fully saturated rings. The Balaban J connectivity index is 3.08. The normalized spacial score (nSPS) is 9.57. The highest BCUT2D eigenvalue weighted by Crippen LogP contribution is 2.17. The summed E-state index contributed by atoms with van der Waals surface area (Å²) in [6, 6.07) is 3.99. The predicted molar refractivity (Wildman–Crippen MR) is 56.0 cm³/mol. The van der Waals surface area contributed by atoms with Crippen molar-refractivity contribution in [3.05, 3.63) is 23.4 Å². The van der Waals surface area contributed by atoms with Gasteiger partial charge in [-0.05, 0) is 18.6 Å². The van der Waals surface area contributed by atoms with Gasteiger partial charge in [-0.2, -0.15) is 5.26 Å². The zero-order valence-electron chi connectivity index (χ0n) is 8.49. The van der Waals surface area contributed by atoms with Crippen LogP contribution in [0.4, 0.5) is 5.82 Å². The number of aromatic nitrogens is 1. The molecule has 4 heteroatoms. The van der Waals surface area contributed by atoms with Crippen LogP contribution in [0.3, 0.4) is 0 Å². The second-order valence-electron chi connectivity index (χ2n) is 3.15. The first-order valence-electron chi connectivity index (χ1n) is 4.47. The van der Waals surface area contributed by atoms with Crippen LogP contribution in [0.25, 0.3) is 0 Å². The first-order chi connectivity index (χ1) is 6.70. The Bertz CT molecular complexity index is 354. The average molecular weight is 190 g/mol. The van der Waals surface area contributed by atoms with E-state index < -0.39 is 0 Å². The molecule has 0 unspecified atom stereocenters. The van der Waals surface area contributed by atoms with Gasteiger partial charge in [0.25, 0.3) is 0 Å². The van der Waals surface area contributed by atoms with Crippen LogP contribution in [-0.4, -0.2) is 25.1 Å². The molecule has 4 nitrogen and oxygen atoms in total. The highest BCUT2D eigenvalue weighted by molar-refractivity contribution is 5.56. The lowest BCUT2D eigenvalue weighted by Gasteiger charge is -2.18. The maximum Gasteiger partial charge on any atom is 0.146 e. The van der Waals surface area contributed by atoms with Crippen molar-refractivity contribution < 1.29 is 0 Å². The van der Waals surface area contributed by atoms with Gasteiger partial charge in [0.1, 0.15) is 11.9 Å². The van der Waals surface area contributed by atoms with E-state index in [4.69, 9.17) is 11.0 Å². The van der Waals surface area contributed by atoms with Gasteiger partial charge in [-0.3, -0.25) is 0 Å². The average Bonchev–Trinajstić information content (AvgIpc) is 2.17. The lowest BCUT2D eigenvalue weighted by molar-refractivity contribution is 0.865. The van der Waals surface area contributed by atoms with Crippen molar-refractivity contribution in [1.82, 2.24) is 4.98 Å². The third-order valence-electron chi connectivity index (χ3n) is 2.08. The first kappa shape index (κ1) is 10.5. The van der Waals surface area contributed by atoms with E-state index >= 15 is 0 Å². The Hall–Kier alpha value is -1.60. The van der Waals surface area contributed by atoms with E-state index in [-0.39, 0.29) is 0 Å². The molecule has 0 aliphatic heterocycles. The van der Waals surface area contributed by atoms with Crippen molar-refractivity contribution in [1.29, 1.82) is 5.26 Å². The summed E-state index contributed by atoms with van der Waals surface area (Å²) in [7, 11) is 1.88. The zero-order valence-corrected chi connectivity index (χ0v) is 8.49. The van der Waals surface area contributed by atoms with E-state index in [0.717, 1.165) is 5.56 Å². The fourth-order valence-electron chi connectivity index (χ4n) is 1.27. The first-order valence-corrected chi connectivity index (χ1v) is 4.47. The molecule has 74 valence electrons. The van der Waals surface area contributed by atoms with Gasteiger partial charge in [0, 0.05) is 26.3 Å². The van der Waals surface area contributed by atoms with Crippen molar-refractivity contribution >= 4 is 5.82 Å². The molecule has 1 aromatic rings. The van der Waals surface area contributed by atoms with Gasteiger partial charge in [-0.25, -0.2) is 4.98 Å². The number of pyridine rings is 1. The van der Waals surface area contributed by atoms with Gasteiger partial charge in [0.15, 0.2) is 0 Å². The number of aryl methyl sites for hydroxylation is 1. The van der Waals surface area contributed by atoms with Crippen LogP contribution in [0.5, 0.6) is 0 Å². The molecule has 0 aliphatic rings. The topological polar surface area (TPSA) is 65.9 Å². The Morgan fingerprint density at radius 1 is 1.64 bits per heavy atom. The molecule has 0 atom stereocenters. The third kappa shape index (κ3) is 2.01. The molecule has 14 heavy (non-hydrogen) atoms. The molecule has 0 bridgehead atoms. The number of rotatable bonds is 3. The van der Waals surface area contributed by atoms with Gasteiger partial charge in [0.2, 0.25) is 0 Å². The molecular weight excluding hydrogens is 176 g/mol. The Morgan fingerprint density at radius 3 is 2.93 bits per heavy atom. The highest BCUT2D eigenvalue weighted by atomic mass is 15.2. The molecule has 0 saturated carbocycles. The van der Waals surface area contributed by atoms with Crippen LogP contribution in [0, 0.1) is 18.3 Å². The van der Waals surface area contributed by atoms with Crippen molar-refractivity contribution in [3.8, 4) is 6.07 Å². The third-order valence-corrected chi connectivity index (χ3v) is 2.08. The lowest BCUT2D eigenvalue weighted by Crippen LogP contribution is -2.26. The van der Waals surface area contributed by atoms with Gasteiger partial charge < -0.3 is 10.6 Å². The maximum absolute atomic E-state index is 8.97. The summed E-state index contributed by atoms with van der Waals surface area (Å²) < 4.78 is 0. The summed E-state index contributed by atoms with van der Waals surface area (Å²) in [6.45, 7) is 3.15. The van der Waals surface area contributed by atoms with Crippen molar-refractivity contribution in [2.45, 2.75) is 6.92 Å². The highest BCUT2D eigenvalue weighted by Gasteiger charge is 2.09. The maximum atomic E-state index is 8.97. The lowest BCUT2D eigenvalue weighted by atomic mass is 10.1. The predicted octanol–water partition coefficient (Wildman–Crippen LogP) is 0.657. The second kappa shape index (κ2) is 4.58. The number of likely N-dealkylation sites (N-methyl/N-ethyl adjacent to an activating group) is 1. The number of hydrogen-bond donors (Lipinski definition) is 1. The summed E-state index contributed by atoms with van der Waals surface area (Å²) >= 11 is 0. The van der Waals surface area contributed by atoms with Crippen LogP contribution in [-0.2, 0) is 0 Å². The summed E-state index contributed by atoms with van der Waals surface area (Å²) in [5.41, 5.74) is 7.02. The van der Waals surface area contributed by atoms with Crippen LogP contribution in [0.15, 0.2) is 12.3 Å². The van der Waals surface area contributed by atoms with Gasteiger partial charge in [-0.15, -0.1) is 0 Å². The molecule has 1 aromatic heterocycles. The van der Waals surface area contributed by atoms with E-state index in [1.54, 1.807) is 6.20 Å². The summed E-state index contributed by atoms with van der Waals surface area (Å²) in [5, 5.41) is 8.97. The van der Waals surface area contributed by atoms with Crippen LogP contribution >= 0.6 is 0 Å². The van der Waals surface area contributed by atoms with E-state index in [9.17, 15) is 0 Å². The SMILES string of the molecule is Cc1ccnc(N(C)CCN)c1C#N. The molecule has 0 amide bonds. The van der Waals surface area contributed by atoms with E-state index in [0.29, 0.717) is 24.5 Å². The number of anilines is 1. The van der Waals surface area contributed by atoms with Crippen LogP contribution < -0.4 is 10.6 Å². The van der Waals surface area contributed by atoms with Gasteiger partial charge >= 0.3 is 0 Å². The van der Waals surface area contributed by atoms with E-state index in [1.165, 1.54) is 0 Å². The Morgan fingerprint density at radius 2 is 2.36 bits per heavy atom. The minimum atomic E-state index is 0.553. The van der Waals surface area contributed by atoms with E-state index in [1.807, 2.05) is 24.9 Å². The van der Waals surface area contributed by atoms with E-state index in [2.05, 4.69) is 11.1 Å². The Labute approximate surface area is 84.0 Å². The van der Waals surface area contributed by atoms with Gasteiger partial charge in [-0.1, -0.05) is 0 Å². The molecule has 1 heterocycles. The van der Waals surface area contributed by atoms with Crippen LogP contribution in [0.1, 0.15) is 11.1 Å². The summed E-state index contributed by atoms with van der Waals surface area (Å²) in [4.78, 5) is 6.07. The molecule has 0 aromatic carbocycles. The number of nitriles is 1. The number of nitrogens with zero attached hydrogens (tertiary/aromatic N) is 3. The molecule has 0 saturated heterocycles. The van der Waals surface area contributed by atoms with Crippen molar-refractivity contribution in [2.75, 3.05) is 25.0 Å². The number of nitrogens with two attached hydrogens (primary N) is 1. The van der Waals surface area contributed by atoms with Gasteiger partial charge in [0.05, 0.1) is 5.56 Å². The molecule has 1 rings (SSSR count). The molecule has 0 radical (unpaired) electrons. The zero-order chi connectivity index (χ0) is 10.6. The molecule has 0 spiro atoms. The minimum absolute atomic E-state index is 0.553. The fraction of sp³-hybridized carbons (Fsp3) is 0.400.